The van der Waals surface area contributed by atoms with Crippen LogP contribution in [0.4, 0.5) is 0 Å². The van der Waals surface area contributed by atoms with Crippen molar-refractivity contribution in [2.24, 2.45) is 0 Å². The topological polar surface area (TPSA) is 26.3 Å². The maximum absolute atomic E-state index is 11.2. The van der Waals surface area contributed by atoms with Gasteiger partial charge >= 0.3 is 0 Å². The zero-order chi connectivity index (χ0) is 13.2. The molecule has 0 aromatic heterocycles. The molecule has 1 rings (SSSR count). The van der Waals surface area contributed by atoms with E-state index in [9.17, 15) is 4.79 Å². The van der Waals surface area contributed by atoms with Crippen molar-refractivity contribution >= 4 is 5.78 Å². The Labute approximate surface area is 104 Å². The molecule has 2 nitrogen and oxygen atoms in total. The van der Waals surface area contributed by atoms with Gasteiger partial charge in [-0.1, -0.05) is 6.07 Å². The quantitative estimate of drug-likeness (QED) is 0.793. The summed E-state index contributed by atoms with van der Waals surface area (Å²) >= 11 is 0. The third kappa shape index (κ3) is 3.88. The molecule has 1 aromatic carbocycles. The number of benzene rings is 1. The van der Waals surface area contributed by atoms with Gasteiger partial charge in [-0.25, -0.2) is 0 Å². The average Bonchev–Trinajstić information content (AvgIpc) is 2.11. The molecule has 0 aliphatic heterocycles. The molecule has 0 unspecified atom stereocenters. The molecule has 0 amide bonds. The molecular weight excluding hydrogens is 212 g/mol. The van der Waals surface area contributed by atoms with Crippen molar-refractivity contribution in [3.63, 3.8) is 0 Å². The number of carbonyl (C=O) groups is 1. The van der Waals surface area contributed by atoms with Crippen LogP contribution in [-0.4, -0.2) is 11.4 Å². The van der Waals surface area contributed by atoms with Crippen LogP contribution in [0, 0.1) is 20.8 Å². The van der Waals surface area contributed by atoms with Crippen molar-refractivity contribution < 1.29 is 9.53 Å². The first-order chi connectivity index (χ1) is 7.71. The summed E-state index contributed by atoms with van der Waals surface area (Å²) in [6.45, 7) is 11.7. The summed E-state index contributed by atoms with van der Waals surface area (Å²) in [5, 5.41) is 0. The largest absolute Gasteiger partial charge is 0.487 e. The number of hydrogen-bond acceptors (Lipinski definition) is 2. The Morgan fingerprint density at radius 2 is 1.65 bits per heavy atom. The lowest BCUT2D eigenvalue weighted by Crippen LogP contribution is -2.31. The highest BCUT2D eigenvalue weighted by Gasteiger charge is 2.22. The van der Waals surface area contributed by atoms with E-state index in [-0.39, 0.29) is 5.78 Å². The Bertz CT molecular complexity index is 431. The number of ketones is 1. The number of Topliss-reactive ketones (excluding diaryl/α,β-unsaturated/α-hetero) is 1. The normalized spacial score (nSPS) is 11.4. The SMILES string of the molecule is CC(=O)CC(C)(C)Oc1cc(C)c(C)cc1C. The second kappa shape index (κ2) is 4.91. The molecule has 0 bridgehead atoms. The zero-order valence-corrected chi connectivity index (χ0v) is 11.7. The zero-order valence-electron chi connectivity index (χ0n) is 11.7. The Hall–Kier alpha value is -1.31. The van der Waals surface area contributed by atoms with Gasteiger partial charge in [-0.15, -0.1) is 0 Å². The van der Waals surface area contributed by atoms with E-state index in [4.69, 9.17) is 4.74 Å². The summed E-state index contributed by atoms with van der Waals surface area (Å²) in [4.78, 5) is 11.2. The molecule has 17 heavy (non-hydrogen) atoms. The molecular formula is C15H22O2. The van der Waals surface area contributed by atoms with E-state index in [2.05, 4.69) is 19.9 Å². The summed E-state index contributed by atoms with van der Waals surface area (Å²) in [5.74, 6) is 1.02. The molecule has 1 aromatic rings. The van der Waals surface area contributed by atoms with E-state index in [0.29, 0.717) is 6.42 Å². The van der Waals surface area contributed by atoms with Crippen LogP contribution in [0.5, 0.6) is 5.75 Å². The number of rotatable bonds is 4. The van der Waals surface area contributed by atoms with Crippen LogP contribution in [-0.2, 0) is 4.79 Å². The Kier molecular flexibility index (Phi) is 3.97. The second-order valence-corrected chi connectivity index (χ2v) is 5.44. The molecule has 0 heterocycles. The summed E-state index contributed by atoms with van der Waals surface area (Å²) in [7, 11) is 0. The van der Waals surface area contributed by atoms with Gasteiger partial charge in [0.05, 0.1) is 0 Å². The molecule has 94 valence electrons. The molecule has 2 heteroatoms. The van der Waals surface area contributed by atoms with Crippen LogP contribution >= 0.6 is 0 Å². The van der Waals surface area contributed by atoms with Crippen LogP contribution in [0.3, 0.4) is 0 Å². The van der Waals surface area contributed by atoms with E-state index < -0.39 is 5.60 Å². The lowest BCUT2D eigenvalue weighted by molar-refractivity contribution is -0.120. The van der Waals surface area contributed by atoms with Crippen LogP contribution in [0.15, 0.2) is 12.1 Å². The number of hydrogen-bond donors (Lipinski definition) is 0. The molecule has 0 saturated heterocycles. The maximum atomic E-state index is 11.2. The Morgan fingerprint density at radius 3 is 2.18 bits per heavy atom. The van der Waals surface area contributed by atoms with Crippen LogP contribution in [0.25, 0.3) is 0 Å². The van der Waals surface area contributed by atoms with E-state index in [1.54, 1.807) is 6.92 Å². The summed E-state index contributed by atoms with van der Waals surface area (Å²) < 4.78 is 5.96. The molecule has 0 atom stereocenters. The average molecular weight is 234 g/mol. The van der Waals surface area contributed by atoms with Gasteiger partial charge in [0, 0.05) is 6.42 Å². The molecule has 0 spiro atoms. The fourth-order valence-electron chi connectivity index (χ4n) is 1.98. The number of ether oxygens (including phenoxy) is 1. The van der Waals surface area contributed by atoms with Crippen LogP contribution in [0.1, 0.15) is 43.9 Å². The molecule has 0 radical (unpaired) electrons. The molecule has 0 saturated carbocycles. The highest BCUT2D eigenvalue weighted by atomic mass is 16.5. The van der Waals surface area contributed by atoms with E-state index in [0.717, 1.165) is 11.3 Å². The predicted molar refractivity (Wildman–Crippen MR) is 70.7 cm³/mol. The minimum absolute atomic E-state index is 0.150. The first-order valence-corrected chi connectivity index (χ1v) is 5.97. The smallest absolute Gasteiger partial charge is 0.133 e. The minimum Gasteiger partial charge on any atom is -0.487 e. The van der Waals surface area contributed by atoms with Gasteiger partial charge in [0.1, 0.15) is 17.1 Å². The maximum Gasteiger partial charge on any atom is 0.133 e. The molecule has 0 N–H and O–H groups in total. The van der Waals surface area contributed by atoms with Gasteiger partial charge in [-0.2, -0.15) is 0 Å². The summed E-state index contributed by atoms with van der Waals surface area (Å²) in [6.07, 6.45) is 0.430. The third-order valence-corrected chi connectivity index (χ3v) is 2.85. The van der Waals surface area contributed by atoms with Crippen LogP contribution < -0.4 is 4.74 Å². The van der Waals surface area contributed by atoms with Crippen molar-refractivity contribution in [3.8, 4) is 5.75 Å². The lowest BCUT2D eigenvalue weighted by Gasteiger charge is -2.27. The summed E-state index contributed by atoms with van der Waals surface area (Å²) in [6, 6.07) is 4.17. The highest BCUT2D eigenvalue weighted by Crippen LogP contribution is 2.27. The van der Waals surface area contributed by atoms with Crippen molar-refractivity contribution in [3.05, 3.63) is 28.8 Å². The van der Waals surface area contributed by atoms with Crippen LogP contribution in [0.2, 0.25) is 0 Å². The monoisotopic (exact) mass is 234 g/mol. The summed E-state index contributed by atoms with van der Waals surface area (Å²) in [5.41, 5.74) is 3.14. The fraction of sp³-hybridized carbons (Fsp3) is 0.533. The van der Waals surface area contributed by atoms with Crippen molar-refractivity contribution in [2.75, 3.05) is 0 Å². The van der Waals surface area contributed by atoms with Gasteiger partial charge in [0.25, 0.3) is 0 Å². The standard InChI is InChI=1S/C15H22O2/c1-10-7-12(3)14(8-11(10)2)17-15(5,6)9-13(4)16/h7-8H,9H2,1-6H3. The van der Waals surface area contributed by atoms with E-state index in [1.165, 1.54) is 11.1 Å². The number of aryl methyl sites for hydroxylation is 3. The molecule has 0 aliphatic carbocycles. The van der Waals surface area contributed by atoms with E-state index >= 15 is 0 Å². The first-order valence-electron chi connectivity index (χ1n) is 5.97. The second-order valence-electron chi connectivity index (χ2n) is 5.44. The number of carbonyl (C=O) groups excluding carboxylic acids is 1. The molecule has 0 fully saturated rings. The van der Waals surface area contributed by atoms with Crippen molar-refractivity contribution in [2.45, 2.75) is 53.6 Å². The lowest BCUT2D eigenvalue weighted by atomic mass is 10.0. The predicted octanol–water partition coefficient (Wildman–Crippen LogP) is 3.75. The van der Waals surface area contributed by atoms with Crippen molar-refractivity contribution in [1.82, 2.24) is 0 Å². The highest BCUT2D eigenvalue weighted by molar-refractivity contribution is 5.76. The third-order valence-electron chi connectivity index (χ3n) is 2.85. The van der Waals surface area contributed by atoms with Crippen molar-refractivity contribution in [1.29, 1.82) is 0 Å². The minimum atomic E-state index is -0.446. The van der Waals surface area contributed by atoms with Gasteiger partial charge in [0.2, 0.25) is 0 Å². The van der Waals surface area contributed by atoms with Gasteiger partial charge in [-0.3, -0.25) is 4.79 Å². The first kappa shape index (κ1) is 13.8. The Balaban J connectivity index is 2.95. The molecule has 0 aliphatic rings. The van der Waals surface area contributed by atoms with E-state index in [1.807, 2.05) is 26.8 Å². The van der Waals surface area contributed by atoms with Gasteiger partial charge < -0.3 is 4.74 Å². The van der Waals surface area contributed by atoms with Gasteiger partial charge in [0.15, 0.2) is 0 Å². The fourth-order valence-corrected chi connectivity index (χ4v) is 1.98. The Morgan fingerprint density at radius 1 is 1.12 bits per heavy atom. The van der Waals surface area contributed by atoms with Gasteiger partial charge in [-0.05, 0) is 64.3 Å².